The summed E-state index contributed by atoms with van der Waals surface area (Å²) >= 11 is 0. The van der Waals surface area contributed by atoms with Crippen molar-refractivity contribution in [2.45, 2.75) is 32.2 Å². The summed E-state index contributed by atoms with van der Waals surface area (Å²) in [4.78, 5) is 25.4. The van der Waals surface area contributed by atoms with E-state index < -0.39 is 12.1 Å². The third kappa shape index (κ3) is 6.96. The highest BCUT2D eigenvalue weighted by Gasteiger charge is 2.20. The molecule has 0 aliphatic rings. The fourth-order valence-corrected chi connectivity index (χ4v) is 3.33. The Morgan fingerprint density at radius 3 is 2.03 bits per heavy atom. The molecule has 0 fully saturated rings. The zero-order valence-electron chi connectivity index (χ0n) is 18.3. The Balaban J connectivity index is 1.61. The molecule has 32 heavy (non-hydrogen) atoms. The van der Waals surface area contributed by atoms with Crippen molar-refractivity contribution in [3.63, 3.8) is 0 Å². The SMILES string of the molecule is Cc1ccc(NC(=O)[C@H](CCCCN)NC(=O)Nc2ccc(-c3ccccc3)cc2)cc1. The monoisotopic (exact) mass is 430 g/mol. The minimum absolute atomic E-state index is 0.250. The smallest absolute Gasteiger partial charge is 0.319 e. The van der Waals surface area contributed by atoms with Crippen LogP contribution in [0.3, 0.4) is 0 Å². The second kappa shape index (κ2) is 11.7. The second-order valence-electron chi connectivity index (χ2n) is 7.73. The predicted octanol–water partition coefficient (Wildman–Crippen LogP) is 4.92. The first-order valence-electron chi connectivity index (χ1n) is 10.9. The third-order valence-corrected chi connectivity index (χ3v) is 5.14. The van der Waals surface area contributed by atoms with Gasteiger partial charge in [-0.2, -0.15) is 0 Å². The fourth-order valence-electron chi connectivity index (χ4n) is 3.33. The zero-order chi connectivity index (χ0) is 22.8. The lowest BCUT2D eigenvalue weighted by molar-refractivity contribution is -0.118. The van der Waals surface area contributed by atoms with Gasteiger partial charge in [-0.25, -0.2) is 4.79 Å². The fraction of sp³-hybridized carbons (Fsp3) is 0.231. The number of rotatable bonds is 9. The Morgan fingerprint density at radius 1 is 0.781 bits per heavy atom. The summed E-state index contributed by atoms with van der Waals surface area (Å²) in [6.45, 7) is 2.53. The molecule has 3 aromatic carbocycles. The summed E-state index contributed by atoms with van der Waals surface area (Å²) in [5.74, 6) is -0.250. The van der Waals surface area contributed by atoms with Crippen LogP contribution in [0.5, 0.6) is 0 Å². The van der Waals surface area contributed by atoms with Gasteiger partial charge in [-0.1, -0.05) is 60.2 Å². The van der Waals surface area contributed by atoms with Crippen molar-refractivity contribution in [1.29, 1.82) is 0 Å². The highest BCUT2D eigenvalue weighted by molar-refractivity contribution is 5.99. The van der Waals surface area contributed by atoms with Crippen LogP contribution in [0.4, 0.5) is 16.2 Å². The summed E-state index contributed by atoms with van der Waals surface area (Å²) in [5.41, 5.74) is 10.2. The Hall–Kier alpha value is -3.64. The molecule has 0 aromatic heterocycles. The maximum Gasteiger partial charge on any atom is 0.319 e. The van der Waals surface area contributed by atoms with E-state index in [0.717, 1.165) is 29.5 Å². The van der Waals surface area contributed by atoms with Crippen molar-refractivity contribution in [1.82, 2.24) is 5.32 Å². The predicted molar refractivity (Wildman–Crippen MR) is 131 cm³/mol. The molecule has 5 N–H and O–H groups in total. The molecule has 0 aliphatic carbocycles. The van der Waals surface area contributed by atoms with Crippen molar-refractivity contribution < 1.29 is 9.59 Å². The van der Waals surface area contributed by atoms with E-state index in [1.54, 1.807) is 0 Å². The van der Waals surface area contributed by atoms with Crippen molar-refractivity contribution in [3.05, 3.63) is 84.4 Å². The van der Waals surface area contributed by atoms with E-state index >= 15 is 0 Å². The number of hydrogen-bond donors (Lipinski definition) is 4. The maximum atomic E-state index is 12.8. The summed E-state index contributed by atoms with van der Waals surface area (Å²) in [5, 5.41) is 8.49. The average Bonchev–Trinajstić information content (AvgIpc) is 2.81. The topological polar surface area (TPSA) is 96.2 Å². The largest absolute Gasteiger partial charge is 0.330 e. The van der Waals surface area contributed by atoms with Crippen molar-refractivity contribution in [2.75, 3.05) is 17.2 Å². The van der Waals surface area contributed by atoms with E-state index in [2.05, 4.69) is 16.0 Å². The minimum atomic E-state index is -0.661. The summed E-state index contributed by atoms with van der Waals surface area (Å²) in [6.07, 6.45) is 2.04. The number of nitrogens with two attached hydrogens (primary N) is 1. The van der Waals surface area contributed by atoms with Crippen molar-refractivity contribution in [3.8, 4) is 11.1 Å². The van der Waals surface area contributed by atoms with Crippen LogP contribution in [0.1, 0.15) is 24.8 Å². The Bertz CT molecular complexity index is 1000. The molecule has 3 rings (SSSR count). The number of amides is 3. The van der Waals surface area contributed by atoms with Gasteiger partial charge in [-0.3, -0.25) is 4.79 Å². The number of anilines is 2. The second-order valence-corrected chi connectivity index (χ2v) is 7.73. The molecule has 6 heteroatoms. The van der Waals surface area contributed by atoms with Crippen LogP contribution in [-0.4, -0.2) is 24.5 Å². The van der Waals surface area contributed by atoms with Crippen LogP contribution in [-0.2, 0) is 4.79 Å². The molecule has 1 atom stereocenters. The molecule has 0 radical (unpaired) electrons. The summed E-state index contributed by atoms with van der Waals surface area (Å²) < 4.78 is 0. The van der Waals surface area contributed by atoms with E-state index in [4.69, 9.17) is 5.73 Å². The van der Waals surface area contributed by atoms with E-state index in [1.807, 2.05) is 85.8 Å². The molecule has 0 saturated carbocycles. The number of hydrogen-bond acceptors (Lipinski definition) is 3. The van der Waals surface area contributed by atoms with Gasteiger partial charge in [0.05, 0.1) is 0 Å². The number of carbonyl (C=O) groups is 2. The Labute approximate surface area is 189 Å². The van der Waals surface area contributed by atoms with Gasteiger partial charge in [-0.05, 0) is 68.1 Å². The van der Waals surface area contributed by atoms with Crippen LogP contribution in [0.2, 0.25) is 0 Å². The van der Waals surface area contributed by atoms with Gasteiger partial charge < -0.3 is 21.7 Å². The van der Waals surface area contributed by atoms with Crippen LogP contribution >= 0.6 is 0 Å². The molecule has 0 unspecified atom stereocenters. The van der Waals surface area contributed by atoms with Crippen LogP contribution in [0.15, 0.2) is 78.9 Å². The maximum absolute atomic E-state index is 12.8. The first-order valence-corrected chi connectivity index (χ1v) is 10.9. The number of nitrogens with one attached hydrogen (secondary N) is 3. The van der Waals surface area contributed by atoms with E-state index in [0.29, 0.717) is 24.3 Å². The number of carbonyl (C=O) groups excluding carboxylic acids is 2. The summed E-state index contributed by atoms with van der Waals surface area (Å²) in [7, 11) is 0. The molecule has 0 spiro atoms. The van der Waals surface area contributed by atoms with Gasteiger partial charge in [0, 0.05) is 11.4 Å². The van der Waals surface area contributed by atoms with Crippen LogP contribution in [0, 0.1) is 6.92 Å². The third-order valence-electron chi connectivity index (χ3n) is 5.14. The van der Waals surface area contributed by atoms with Crippen molar-refractivity contribution >= 4 is 23.3 Å². The van der Waals surface area contributed by atoms with Gasteiger partial charge in [0.2, 0.25) is 5.91 Å². The molecule has 0 heterocycles. The molecule has 3 aromatic rings. The standard InChI is InChI=1S/C26H30N4O2/c1-19-10-14-22(15-11-19)28-25(31)24(9-5-6-18-27)30-26(32)29-23-16-12-21(13-17-23)20-7-3-2-4-8-20/h2-4,7-8,10-17,24H,5-6,9,18,27H2,1H3,(H,28,31)(H2,29,30,32)/t24-/m0/s1. The first kappa shape index (κ1) is 23.0. The molecular formula is C26H30N4O2. The van der Waals surface area contributed by atoms with Gasteiger partial charge >= 0.3 is 6.03 Å². The lowest BCUT2D eigenvalue weighted by Crippen LogP contribution is -2.45. The van der Waals surface area contributed by atoms with E-state index in [-0.39, 0.29) is 5.91 Å². The number of urea groups is 1. The Morgan fingerprint density at radius 2 is 1.38 bits per heavy atom. The van der Waals surface area contributed by atoms with Crippen molar-refractivity contribution in [2.24, 2.45) is 5.73 Å². The normalized spacial score (nSPS) is 11.4. The van der Waals surface area contributed by atoms with E-state index in [9.17, 15) is 9.59 Å². The van der Waals surface area contributed by atoms with Gasteiger partial charge in [-0.15, -0.1) is 0 Å². The number of benzene rings is 3. The van der Waals surface area contributed by atoms with Gasteiger partial charge in [0.1, 0.15) is 6.04 Å². The average molecular weight is 431 g/mol. The lowest BCUT2D eigenvalue weighted by atomic mass is 10.1. The number of unbranched alkanes of at least 4 members (excludes halogenated alkanes) is 1. The molecule has 6 nitrogen and oxygen atoms in total. The number of aryl methyl sites for hydroxylation is 1. The highest BCUT2D eigenvalue weighted by atomic mass is 16.2. The molecular weight excluding hydrogens is 400 g/mol. The minimum Gasteiger partial charge on any atom is -0.330 e. The van der Waals surface area contributed by atoms with Crippen LogP contribution < -0.4 is 21.7 Å². The molecule has 166 valence electrons. The molecule has 3 amide bonds. The first-order chi connectivity index (χ1) is 15.5. The Kier molecular flexibility index (Phi) is 8.40. The van der Waals surface area contributed by atoms with E-state index in [1.165, 1.54) is 0 Å². The molecule has 0 aliphatic heterocycles. The highest BCUT2D eigenvalue weighted by Crippen LogP contribution is 2.21. The molecule has 0 bridgehead atoms. The van der Waals surface area contributed by atoms with Gasteiger partial charge in [0.15, 0.2) is 0 Å². The molecule has 0 saturated heterocycles. The van der Waals surface area contributed by atoms with Crippen LogP contribution in [0.25, 0.3) is 11.1 Å². The van der Waals surface area contributed by atoms with Gasteiger partial charge in [0.25, 0.3) is 0 Å². The zero-order valence-corrected chi connectivity index (χ0v) is 18.3. The summed E-state index contributed by atoms with van der Waals surface area (Å²) in [6, 6.07) is 24.1. The quantitative estimate of drug-likeness (QED) is 0.363. The lowest BCUT2D eigenvalue weighted by Gasteiger charge is -2.19.